The smallest absolute Gasteiger partial charge is 0.407 e. The Balaban J connectivity index is 2.11. The first-order valence-corrected chi connectivity index (χ1v) is 7.20. The highest BCUT2D eigenvalue weighted by Gasteiger charge is 2.21. The first-order valence-electron chi connectivity index (χ1n) is 7.20. The topological polar surface area (TPSA) is 68.8 Å². The number of methoxy groups -OCH3 is 1. The Bertz CT molecular complexity index is 287. The van der Waals surface area contributed by atoms with Gasteiger partial charge in [-0.05, 0) is 33.6 Å². The van der Waals surface area contributed by atoms with Gasteiger partial charge in [-0.1, -0.05) is 0 Å². The van der Waals surface area contributed by atoms with Crippen molar-refractivity contribution < 1.29 is 19.0 Å². The summed E-state index contributed by atoms with van der Waals surface area (Å²) in [5, 5.41) is 6.25. The van der Waals surface area contributed by atoms with E-state index in [1.165, 1.54) is 0 Å². The quantitative estimate of drug-likeness (QED) is 0.659. The van der Waals surface area contributed by atoms with Gasteiger partial charge in [-0.15, -0.1) is 0 Å². The van der Waals surface area contributed by atoms with Crippen LogP contribution >= 0.6 is 0 Å². The Labute approximate surface area is 121 Å². The molecule has 1 amide bonds. The molecule has 0 aromatic rings. The summed E-state index contributed by atoms with van der Waals surface area (Å²) in [6.45, 7) is 8.39. The fourth-order valence-electron chi connectivity index (χ4n) is 1.93. The van der Waals surface area contributed by atoms with Gasteiger partial charge >= 0.3 is 6.09 Å². The van der Waals surface area contributed by atoms with Crippen molar-refractivity contribution >= 4 is 6.09 Å². The summed E-state index contributed by atoms with van der Waals surface area (Å²) in [7, 11) is 1.70. The summed E-state index contributed by atoms with van der Waals surface area (Å²) in [5.74, 6) is 0. The van der Waals surface area contributed by atoms with Gasteiger partial charge in [0.05, 0.1) is 25.9 Å². The van der Waals surface area contributed by atoms with Crippen molar-refractivity contribution in [3.63, 3.8) is 0 Å². The Morgan fingerprint density at radius 1 is 1.40 bits per heavy atom. The molecule has 1 rings (SSSR count). The van der Waals surface area contributed by atoms with Gasteiger partial charge in [0, 0.05) is 19.7 Å². The normalized spacial score (nSPS) is 17.4. The Morgan fingerprint density at radius 3 is 2.60 bits per heavy atom. The molecule has 1 aliphatic rings. The van der Waals surface area contributed by atoms with Crippen LogP contribution in [0, 0.1) is 0 Å². The highest BCUT2D eigenvalue weighted by molar-refractivity contribution is 5.67. The summed E-state index contributed by atoms with van der Waals surface area (Å²) in [5.41, 5.74) is -0.450. The van der Waals surface area contributed by atoms with Crippen LogP contribution in [0.4, 0.5) is 4.79 Å². The van der Waals surface area contributed by atoms with Gasteiger partial charge in [0.25, 0.3) is 0 Å². The lowest BCUT2D eigenvalue weighted by Gasteiger charge is -2.31. The monoisotopic (exact) mass is 288 g/mol. The van der Waals surface area contributed by atoms with Crippen LogP contribution in [0.2, 0.25) is 0 Å². The molecule has 2 N–H and O–H groups in total. The largest absolute Gasteiger partial charge is 0.444 e. The fraction of sp³-hybridized carbons (Fsp3) is 0.929. The number of nitrogens with one attached hydrogen (secondary N) is 2. The van der Waals surface area contributed by atoms with Crippen LogP contribution in [0.3, 0.4) is 0 Å². The number of hydrogen-bond donors (Lipinski definition) is 2. The molecular formula is C14H28N2O4. The van der Waals surface area contributed by atoms with Crippen molar-refractivity contribution in [2.75, 3.05) is 33.5 Å². The van der Waals surface area contributed by atoms with Crippen molar-refractivity contribution in [3.05, 3.63) is 0 Å². The number of ether oxygens (including phenoxy) is 3. The maximum Gasteiger partial charge on any atom is 0.407 e. The SMILES string of the molecule is COCC(CCCNC(=O)OC(C)(C)C)NC1COC1. The molecule has 1 unspecified atom stereocenters. The van der Waals surface area contributed by atoms with E-state index < -0.39 is 5.60 Å². The average molecular weight is 288 g/mol. The number of hydrogen-bond acceptors (Lipinski definition) is 5. The molecule has 1 atom stereocenters. The van der Waals surface area contributed by atoms with E-state index in [9.17, 15) is 4.79 Å². The van der Waals surface area contributed by atoms with Gasteiger partial charge in [-0.3, -0.25) is 0 Å². The maximum absolute atomic E-state index is 11.5. The van der Waals surface area contributed by atoms with Gasteiger partial charge in [0.2, 0.25) is 0 Å². The van der Waals surface area contributed by atoms with E-state index in [-0.39, 0.29) is 6.09 Å². The lowest BCUT2D eigenvalue weighted by atomic mass is 10.1. The molecule has 0 aromatic heterocycles. The number of carbonyl (C=O) groups is 1. The molecule has 0 spiro atoms. The first-order chi connectivity index (χ1) is 9.40. The van der Waals surface area contributed by atoms with Gasteiger partial charge in [0.1, 0.15) is 5.60 Å². The zero-order chi connectivity index (χ0) is 15.0. The Morgan fingerprint density at radius 2 is 2.10 bits per heavy atom. The molecular weight excluding hydrogens is 260 g/mol. The van der Waals surface area contributed by atoms with E-state index in [4.69, 9.17) is 14.2 Å². The zero-order valence-corrected chi connectivity index (χ0v) is 13.0. The average Bonchev–Trinajstić information content (AvgIpc) is 2.26. The molecule has 0 aromatic carbocycles. The molecule has 0 bridgehead atoms. The van der Waals surface area contributed by atoms with Gasteiger partial charge in [-0.2, -0.15) is 0 Å². The number of carbonyl (C=O) groups excluding carboxylic acids is 1. The predicted octanol–water partition coefficient (Wildman–Crippen LogP) is 1.29. The third-order valence-electron chi connectivity index (χ3n) is 2.87. The highest BCUT2D eigenvalue weighted by Crippen LogP contribution is 2.07. The fourth-order valence-corrected chi connectivity index (χ4v) is 1.93. The summed E-state index contributed by atoms with van der Waals surface area (Å²) in [4.78, 5) is 11.5. The predicted molar refractivity (Wildman–Crippen MR) is 76.9 cm³/mol. The van der Waals surface area contributed by atoms with Crippen LogP contribution in [0.5, 0.6) is 0 Å². The number of alkyl carbamates (subject to hydrolysis) is 1. The summed E-state index contributed by atoms with van der Waals surface area (Å²) in [6.07, 6.45) is 1.47. The van der Waals surface area contributed by atoms with Crippen molar-refractivity contribution in [1.29, 1.82) is 0 Å². The van der Waals surface area contributed by atoms with Crippen LogP contribution in [-0.2, 0) is 14.2 Å². The van der Waals surface area contributed by atoms with Crippen LogP contribution in [-0.4, -0.2) is 57.3 Å². The summed E-state index contributed by atoms with van der Waals surface area (Å²) in [6, 6.07) is 0.739. The molecule has 20 heavy (non-hydrogen) atoms. The van der Waals surface area contributed by atoms with Crippen LogP contribution in [0.25, 0.3) is 0 Å². The van der Waals surface area contributed by atoms with Crippen molar-refractivity contribution in [1.82, 2.24) is 10.6 Å². The number of amides is 1. The second-order valence-electron chi connectivity index (χ2n) is 6.12. The second-order valence-corrected chi connectivity index (χ2v) is 6.12. The summed E-state index contributed by atoms with van der Waals surface area (Å²) >= 11 is 0. The molecule has 1 aliphatic heterocycles. The minimum atomic E-state index is -0.450. The molecule has 0 aliphatic carbocycles. The van der Waals surface area contributed by atoms with Gasteiger partial charge < -0.3 is 24.8 Å². The van der Waals surface area contributed by atoms with E-state index in [0.29, 0.717) is 25.2 Å². The van der Waals surface area contributed by atoms with Gasteiger partial charge in [0.15, 0.2) is 0 Å². The molecule has 1 saturated heterocycles. The molecule has 6 nitrogen and oxygen atoms in total. The van der Waals surface area contributed by atoms with E-state index in [0.717, 1.165) is 26.1 Å². The minimum absolute atomic E-state index is 0.300. The standard InChI is InChI=1S/C14H28N2O4/c1-14(2,3)20-13(17)15-7-5-6-11(8-18-4)16-12-9-19-10-12/h11-12,16H,5-10H2,1-4H3,(H,15,17). The van der Waals surface area contributed by atoms with Crippen molar-refractivity contribution in [3.8, 4) is 0 Å². The minimum Gasteiger partial charge on any atom is -0.444 e. The number of rotatable bonds is 8. The highest BCUT2D eigenvalue weighted by atomic mass is 16.6. The Hall–Kier alpha value is -0.850. The third-order valence-corrected chi connectivity index (χ3v) is 2.87. The van der Waals surface area contributed by atoms with Crippen molar-refractivity contribution in [2.45, 2.75) is 51.3 Å². The van der Waals surface area contributed by atoms with Crippen LogP contribution in [0.1, 0.15) is 33.6 Å². The first kappa shape index (κ1) is 17.2. The second kappa shape index (κ2) is 8.44. The van der Waals surface area contributed by atoms with Crippen LogP contribution in [0.15, 0.2) is 0 Å². The van der Waals surface area contributed by atoms with E-state index in [2.05, 4.69) is 10.6 Å². The van der Waals surface area contributed by atoms with E-state index >= 15 is 0 Å². The lowest BCUT2D eigenvalue weighted by molar-refractivity contribution is -0.0151. The van der Waals surface area contributed by atoms with Gasteiger partial charge in [-0.25, -0.2) is 4.79 Å². The van der Waals surface area contributed by atoms with E-state index in [1.54, 1.807) is 7.11 Å². The van der Waals surface area contributed by atoms with Crippen LogP contribution < -0.4 is 10.6 Å². The third kappa shape index (κ3) is 7.67. The maximum atomic E-state index is 11.5. The van der Waals surface area contributed by atoms with Crippen molar-refractivity contribution in [2.24, 2.45) is 0 Å². The molecule has 0 saturated carbocycles. The molecule has 118 valence electrons. The molecule has 0 radical (unpaired) electrons. The molecule has 1 heterocycles. The Kier molecular flexibility index (Phi) is 7.26. The summed E-state index contributed by atoms with van der Waals surface area (Å²) < 4.78 is 15.5. The van der Waals surface area contributed by atoms with E-state index in [1.807, 2.05) is 20.8 Å². The lowest BCUT2D eigenvalue weighted by Crippen LogP contribution is -2.51. The molecule has 6 heteroatoms. The zero-order valence-electron chi connectivity index (χ0n) is 13.0. The molecule has 1 fully saturated rings.